The first-order valence-electron chi connectivity index (χ1n) is 7.94. The summed E-state index contributed by atoms with van der Waals surface area (Å²) >= 11 is 0. The highest BCUT2D eigenvalue weighted by Gasteiger charge is 2.21. The van der Waals surface area contributed by atoms with Gasteiger partial charge in [0.25, 0.3) is 0 Å². The van der Waals surface area contributed by atoms with Crippen molar-refractivity contribution < 1.29 is 14.6 Å². The number of carbonyl (C=O) groups is 1. The van der Waals surface area contributed by atoms with Crippen LogP contribution >= 0.6 is 0 Å². The van der Waals surface area contributed by atoms with Gasteiger partial charge in [-0.05, 0) is 42.7 Å². The first kappa shape index (κ1) is 16.8. The lowest BCUT2D eigenvalue weighted by atomic mass is 9.87. The van der Waals surface area contributed by atoms with Crippen LogP contribution in [-0.4, -0.2) is 30.9 Å². The first-order valence-corrected chi connectivity index (χ1v) is 7.94. The quantitative estimate of drug-likeness (QED) is 0.754. The zero-order valence-corrected chi connectivity index (χ0v) is 13.2. The molecule has 0 aliphatic heterocycles. The molecular formula is C17H26N2O3. The second kappa shape index (κ2) is 8.76. The van der Waals surface area contributed by atoms with Crippen LogP contribution in [0.25, 0.3) is 0 Å². The molecule has 0 atom stereocenters. The van der Waals surface area contributed by atoms with E-state index in [2.05, 4.69) is 10.6 Å². The highest BCUT2D eigenvalue weighted by molar-refractivity contribution is 5.74. The van der Waals surface area contributed by atoms with Gasteiger partial charge in [0, 0.05) is 26.3 Å². The molecule has 1 aliphatic rings. The zero-order valence-electron chi connectivity index (χ0n) is 13.2. The van der Waals surface area contributed by atoms with Crippen molar-refractivity contribution >= 4 is 6.03 Å². The predicted octanol–water partition coefficient (Wildman–Crippen LogP) is 2.18. The smallest absolute Gasteiger partial charge is 0.315 e. The fraction of sp³-hybridized carbons (Fsp3) is 0.588. The zero-order chi connectivity index (χ0) is 15.8. The van der Waals surface area contributed by atoms with Gasteiger partial charge < -0.3 is 20.5 Å². The Morgan fingerprint density at radius 3 is 2.55 bits per heavy atom. The number of amides is 2. The molecule has 0 spiro atoms. The van der Waals surface area contributed by atoms with E-state index in [4.69, 9.17) is 9.84 Å². The molecule has 1 aromatic carbocycles. The first-order chi connectivity index (χ1) is 10.7. The Labute approximate surface area is 132 Å². The molecular weight excluding hydrogens is 280 g/mol. The normalized spacial score (nSPS) is 21.4. The summed E-state index contributed by atoms with van der Waals surface area (Å²) in [5, 5.41) is 15.1. The predicted molar refractivity (Wildman–Crippen MR) is 85.4 cm³/mol. The van der Waals surface area contributed by atoms with Crippen molar-refractivity contribution in [3.63, 3.8) is 0 Å². The highest BCUT2D eigenvalue weighted by Crippen LogP contribution is 2.23. The van der Waals surface area contributed by atoms with E-state index in [9.17, 15) is 4.79 Å². The Kier molecular flexibility index (Phi) is 6.68. The second-order valence-corrected chi connectivity index (χ2v) is 5.93. The standard InChI is InChI=1S/C17H26N2O3/c1-22-12-15-5-3-2-4-14(15)10-18-17(21)19-16-8-6-13(11-20)7-9-16/h2-5,13,16,20H,6-12H2,1H3,(H2,18,19,21). The summed E-state index contributed by atoms with van der Waals surface area (Å²) in [5.41, 5.74) is 2.16. The molecule has 5 nitrogen and oxygen atoms in total. The number of ether oxygens (including phenoxy) is 1. The maximum absolute atomic E-state index is 12.0. The molecule has 122 valence electrons. The third kappa shape index (κ3) is 5.00. The van der Waals surface area contributed by atoms with Crippen molar-refractivity contribution in [2.75, 3.05) is 13.7 Å². The lowest BCUT2D eigenvalue weighted by Gasteiger charge is -2.28. The third-order valence-electron chi connectivity index (χ3n) is 4.30. The Hall–Kier alpha value is -1.59. The van der Waals surface area contributed by atoms with Crippen molar-refractivity contribution in [2.45, 2.75) is 44.9 Å². The van der Waals surface area contributed by atoms with Crippen molar-refractivity contribution in [1.82, 2.24) is 10.6 Å². The Morgan fingerprint density at radius 1 is 1.23 bits per heavy atom. The fourth-order valence-electron chi connectivity index (χ4n) is 2.93. The van der Waals surface area contributed by atoms with Gasteiger partial charge in [0.15, 0.2) is 0 Å². The molecule has 3 N–H and O–H groups in total. The summed E-state index contributed by atoms with van der Waals surface area (Å²) in [6, 6.07) is 8.04. The molecule has 0 aromatic heterocycles. The minimum atomic E-state index is -0.125. The number of rotatable bonds is 6. The Balaban J connectivity index is 1.76. The average Bonchev–Trinajstić information content (AvgIpc) is 2.55. The lowest BCUT2D eigenvalue weighted by Crippen LogP contribution is -2.43. The van der Waals surface area contributed by atoms with Crippen LogP contribution in [0, 0.1) is 5.92 Å². The van der Waals surface area contributed by atoms with Gasteiger partial charge in [-0.1, -0.05) is 24.3 Å². The van der Waals surface area contributed by atoms with Gasteiger partial charge in [0.2, 0.25) is 0 Å². The minimum Gasteiger partial charge on any atom is -0.396 e. The van der Waals surface area contributed by atoms with E-state index in [1.807, 2.05) is 24.3 Å². The molecule has 1 saturated carbocycles. The number of nitrogens with one attached hydrogen (secondary N) is 2. The SMILES string of the molecule is COCc1ccccc1CNC(=O)NC1CCC(CO)CC1. The van der Waals surface area contributed by atoms with Crippen molar-refractivity contribution in [3.05, 3.63) is 35.4 Å². The number of hydrogen-bond acceptors (Lipinski definition) is 3. The van der Waals surface area contributed by atoms with Crippen LogP contribution in [0.15, 0.2) is 24.3 Å². The number of urea groups is 1. The van der Waals surface area contributed by atoms with E-state index in [0.29, 0.717) is 19.1 Å². The average molecular weight is 306 g/mol. The summed E-state index contributed by atoms with van der Waals surface area (Å²) in [7, 11) is 1.67. The number of aliphatic hydroxyl groups excluding tert-OH is 1. The monoisotopic (exact) mass is 306 g/mol. The van der Waals surface area contributed by atoms with E-state index < -0.39 is 0 Å². The van der Waals surface area contributed by atoms with Crippen LogP contribution in [0.5, 0.6) is 0 Å². The van der Waals surface area contributed by atoms with Gasteiger partial charge in [0.1, 0.15) is 0 Å². The van der Waals surface area contributed by atoms with Gasteiger partial charge in [-0.25, -0.2) is 4.79 Å². The molecule has 0 radical (unpaired) electrons. The van der Waals surface area contributed by atoms with Crippen molar-refractivity contribution in [3.8, 4) is 0 Å². The number of aliphatic hydroxyl groups is 1. The summed E-state index contributed by atoms with van der Waals surface area (Å²) in [6.45, 7) is 1.30. The number of benzene rings is 1. The lowest BCUT2D eigenvalue weighted by molar-refractivity contribution is 0.174. The van der Waals surface area contributed by atoms with Crippen LogP contribution in [-0.2, 0) is 17.9 Å². The summed E-state index contributed by atoms with van der Waals surface area (Å²) < 4.78 is 5.17. The maximum Gasteiger partial charge on any atom is 0.315 e. The topological polar surface area (TPSA) is 70.6 Å². The molecule has 1 aromatic rings. The Morgan fingerprint density at radius 2 is 1.91 bits per heavy atom. The van der Waals surface area contributed by atoms with Crippen LogP contribution in [0.2, 0.25) is 0 Å². The molecule has 2 amide bonds. The molecule has 2 rings (SSSR count). The summed E-state index contributed by atoms with van der Waals surface area (Å²) in [6.07, 6.45) is 3.86. The Bertz CT molecular complexity index is 471. The minimum absolute atomic E-state index is 0.125. The van der Waals surface area contributed by atoms with Gasteiger partial charge in [-0.2, -0.15) is 0 Å². The van der Waals surface area contributed by atoms with Crippen LogP contribution < -0.4 is 10.6 Å². The van der Waals surface area contributed by atoms with E-state index in [1.165, 1.54) is 0 Å². The van der Waals surface area contributed by atoms with E-state index in [-0.39, 0.29) is 18.7 Å². The molecule has 0 heterocycles. The third-order valence-corrected chi connectivity index (χ3v) is 4.30. The molecule has 0 unspecified atom stereocenters. The van der Waals surface area contributed by atoms with Crippen molar-refractivity contribution in [1.29, 1.82) is 0 Å². The van der Waals surface area contributed by atoms with Gasteiger partial charge in [-0.15, -0.1) is 0 Å². The molecule has 5 heteroatoms. The van der Waals surface area contributed by atoms with E-state index in [1.54, 1.807) is 7.11 Å². The molecule has 0 saturated heterocycles. The fourth-order valence-corrected chi connectivity index (χ4v) is 2.93. The molecule has 0 bridgehead atoms. The van der Waals surface area contributed by atoms with Crippen LogP contribution in [0.3, 0.4) is 0 Å². The van der Waals surface area contributed by atoms with Crippen molar-refractivity contribution in [2.24, 2.45) is 5.92 Å². The summed E-state index contributed by atoms with van der Waals surface area (Å²) in [5.74, 6) is 0.405. The van der Waals surface area contributed by atoms with Gasteiger partial charge >= 0.3 is 6.03 Å². The molecule has 1 fully saturated rings. The largest absolute Gasteiger partial charge is 0.396 e. The van der Waals surface area contributed by atoms with E-state index >= 15 is 0 Å². The van der Waals surface area contributed by atoms with Crippen LogP contribution in [0.1, 0.15) is 36.8 Å². The van der Waals surface area contributed by atoms with Gasteiger partial charge in [-0.3, -0.25) is 0 Å². The highest BCUT2D eigenvalue weighted by atomic mass is 16.5. The number of carbonyl (C=O) groups excluding carboxylic acids is 1. The number of hydrogen-bond donors (Lipinski definition) is 3. The molecule has 22 heavy (non-hydrogen) atoms. The van der Waals surface area contributed by atoms with Crippen LogP contribution in [0.4, 0.5) is 4.79 Å². The molecule has 1 aliphatic carbocycles. The maximum atomic E-state index is 12.0. The second-order valence-electron chi connectivity index (χ2n) is 5.93. The van der Waals surface area contributed by atoms with E-state index in [0.717, 1.165) is 36.8 Å². The van der Waals surface area contributed by atoms with Gasteiger partial charge in [0.05, 0.1) is 6.61 Å². The summed E-state index contributed by atoms with van der Waals surface area (Å²) in [4.78, 5) is 12.0. The number of methoxy groups -OCH3 is 1.